The summed E-state index contributed by atoms with van der Waals surface area (Å²) in [6.45, 7) is 0.305. The normalized spacial score (nSPS) is 15.6. The van der Waals surface area contributed by atoms with Gasteiger partial charge >= 0.3 is 0 Å². The summed E-state index contributed by atoms with van der Waals surface area (Å²) in [6, 6.07) is 23.0. The first-order valence-corrected chi connectivity index (χ1v) is 11.5. The third kappa shape index (κ3) is 4.09. The molecule has 1 atom stereocenters. The van der Waals surface area contributed by atoms with Crippen molar-refractivity contribution in [2.45, 2.75) is 12.5 Å². The van der Waals surface area contributed by atoms with Crippen molar-refractivity contribution in [2.75, 3.05) is 20.8 Å². The first-order chi connectivity index (χ1) is 17.5. The number of hydrogen-bond donors (Lipinski definition) is 1. The van der Waals surface area contributed by atoms with Crippen molar-refractivity contribution in [2.24, 2.45) is 0 Å². The molecule has 5 rings (SSSR count). The summed E-state index contributed by atoms with van der Waals surface area (Å²) in [5.74, 6) is -0.657. The van der Waals surface area contributed by atoms with E-state index in [0.717, 1.165) is 5.56 Å². The maximum atomic E-state index is 13.8. The molecule has 4 aromatic rings. The van der Waals surface area contributed by atoms with E-state index in [9.17, 15) is 14.7 Å². The Kier molecular flexibility index (Phi) is 6.21. The number of fused-ring (bicyclic) bond motifs is 1. The monoisotopic (exact) mass is 483 g/mol. The van der Waals surface area contributed by atoms with E-state index < -0.39 is 23.5 Å². The number of amides is 1. The number of para-hydroxylation sites is 1. The number of hydrogen-bond acceptors (Lipinski definition) is 6. The molecule has 0 saturated carbocycles. The molecule has 0 radical (unpaired) electrons. The Morgan fingerprint density at radius 3 is 2.50 bits per heavy atom. The lowest BCUT2D eigenvalue weighted by Crippen LogP contribution is -2.33. The zero-order valence-corrected chi connectivity index (χ0v) is 19.9. The van der Waals surface area contributed by atoms with E-state index in [-0.39, 0.29) is 11.3 Å². The highest BCUT2D eigenvalue weighted by atomic mass is 16.5. The summed E-state index contributed by atoms with van der Waals surface area (Å²) in [5, 5.41) is 11.6. The van der Waals surface area contributed by atoms with E-state index in [2.05, 4.69) is 0 Å². The number of furan rings is 1. The van der Waals surface area contributed by atoms with Crippen LogP contribution >= 0.6 is 0 Å². The van der Waals surface area contributed by atoms with E-state index in [0.29, 0.717) is 41.0 Å². The molecule has 2 heterocycles. The van der Waals surface area contributed by atoms with E-state index in [1.807, 2.05) is 36.4 Å². The van der Waals surface area contributed by atoms with Gasteiger partial charge in [-0.2, -0.15) is 0 Å². The molecule has 36 heavy (non-hydrogen) atoms. The fourth-order valence-corrected chi connectivity index (χ4v) is 4.61. The van der Waals surface area contributed by atoms with Crippen LogP contribution in [0.4, 0.5) is 0 Å². The first-order valence-electron chi connectivity index (χ1n) is 11.5. The van der Waals surface area contributed by atoms with Crippen LogP contribution in [0.3, 0.4) is 0 Å². The van der Waals surface area contributed by atoms with Crippen LogP contribution in [-0.4, -0.2) is 42.5 Å². The van der Waals surface area contributed by atoms with Crippen molar-refractivity contribution < 1.29 is 28.6 Å². The molecule has 0 aliphatic carbocycles. The maximum absolute atomic E-state index is 13.8. The average molecular weight is 484 g/mol. The van der Waals surface area contributed by atoms with Gasteiger partial charge in [-0.05, 0) is 41.8 Å². The van der Waals surface area contributed by atoms with Crippen LogP contribution in [0.5, 0.6) is 11.5 Å². The highest BCUT2D eigenvalue weighted by Gasteiger charge is 2.44. The molecule has 3 aromatic carbocycles. The number of carbonyl (C=O) groups is 2. The molecule has 1 N–H and O–H groups in total. The Hall–Kier alpha value is -4.52. The van der Waals surface area contributed by atoms with Gasteiger partial charge in [0.2, 0.25) is 5.78 Å². The van der Waals surface area contributed by atoms with Crippen LogP contribution in [0.15, 0.2) is 94.6 Å². The summed E-state index contributed by atoms with van der Waals surface area (Å²) < 4.78 is 16.6. The van der Waals surface area contributed by atoms with Gasteiger partial charge in [-0.15, -0.1) is 0 Å². The minimum absolute atomic E-state index is 0.0154. The van der Waals surface area contributed by atoms with Gasteiger partial charge in [0.15, 0.2) is 22.9 Å². The Balaban J connectivity index is 1.57. The summed E-state index contributed by atoms with van der Waals surface area (Å²) in [7, 11) is 3.07. The quantitative estimate of drug-likeness (QED) is 0.344. The molecule has 0 spiro atoms. The Bertz CT molecular complexity index is 1470. The zero-order chi connectivity index (χ0) is 25.2. The summed E-state index contributed by atoms with van der Waals surface area (Å²) >= 11 is 0. The number of carbonyl (C=O) groups excluding carboxylic acids is 2. The minimum atomic E-state index is -0.807. The van der Waals surface area contributed by atoms with E-state index >= 15 is 0 Å². The molecule has 182 valence electrons. The fraction of sp³-hybridized carbons (Fsp3) is 0.172. The molecule has 0 fully saturated rings. The third-order valence-electron chi connectivity index (χ3n) is 6.39. The summed E-state index contributed by atoms with van der Waals surface area (Å²) in [5.41, 5.74) is 2.08. The van der Waals surface area contributed by atoms with Crippen molar-refractivity contribution in [1.29, 1.82) is 0 Å². The second-order valence-corrected chi connectivity index (χ2v) is 8.49. The van der Waals surface area contributed by atoms with Crippen molar-refractivity contribution in [3.05, 3.63) is 107 Å². The van der Waals surface area contributed by atoms with E-state index in [1.54, 1.807) is 49.6 Å². The molecule has 0 bridgehead atoms. The number of Topliss-reactive ketones (excluding diaryl/α,β-unsaturated/α-hetero) is 1. The Morgan fingerprint density at radius 1 is 0.972 bits per heavy atom. The molecule has 0 saturated heterocycles. The molecule has 1 unspecified atom stereocenters. The molecule has 7 nitrogen and oxygen atoms in total. The predicted molar refractivity (Wildman–Crippen MR) is 134 cm³/mol. The number of nitrogens with zero attached hydrogens (tertiary/aromatic N) is 1. The molecule has 7 heteroatoms. The van der Waals surface area contributed by atoms with Gasteiger partial charge in [0.25, 0.3) is 5.91 Å². The predicted octanol–water partition coefficient (Wildman–Crippen LogP) is 5.27. The van der Waals surface area contributed by atoms with E-state index in [4.69, 9.17) is 13.9 Å². The lowest BCUT2D eigenvalue weighted by Gasteiger charge is -2.27. The largest absolute Gasteiger partial charge is 0.503 e. The number of methoxy groups -OCH3 is 2. The molecular formula is C29H25NO6. The van der Waals surface area contributed by atoms with Crippen LogP contribution in [-0.2, 0) is 11.2 Å². The standard InChI is InChI=1S/C29H25NO6/c1-34-21-12-6-10-19(16-21)25-24(26(31)23-17-20-11-7-13-22(35-2)28(20)36-23)27(32)29(33)30(25)15-14-18-8-4-3-5-9-18/h3-13,16-17,25,32H,14-15H2,1-2H3. The number of aliphatic hydroxyl groups is 1. The van der Waals surface area contributed by atoms with Gasteiger partial charge in [-0.25, -0.2) is 0 Å². The van der Waals surface area contributed by atoms with Crippen LogP contribution in [0.25, 0.3) is 11.0 Å². The lowest BCUT2D eigenvalue weighted by molar-refractivity contribution is -0.129. The van der Waals surface area contributed by atoms with Crippen molar-refractivity contribution in [3.8, 4) is 11.5 Å². The fourth-order valence-electron chi connectivity index (χ4n) is 4.61. The Morgan fingerprint density at radius 2 is 1.75 bits per heavy atom. The lowest BCUT2D eigenvalue weighted by atomic mass is 9.94. The van der Waals surface area contributed by atoms with Crippen LogP contribution in [0.1, 0.15) is 27.7 Å². The van der Waals surface area contributed by atoms with Gasteiger partial charge < -0.3 is 23.9 Å². The number of ketones is 1. The highest BCUT2D eigenvalue weighted by molar-refractivity contribution is 6.16. The van der Waals surface area contributed by atoms with Gasteiger partial charge in [-0.1, -0.05) is 54.6 Å². The number of aliphatic hydroxyl groups excluding tert-OH is 1. The van der Waals surface area contributed by atoms with Gasteiger partial charge in [-0.3, -0.25) is 9.59 Å². The summed E-state index contributed by atoms with van der Waals surface area (Å²) in [4.78, 5) is 28.6. The van der Waals surface area contributed by atoms with Crippen molar-refractivity contribution in [3.63, 3.8) is 0 Å². The second kappa shape index (κ2) is 9.62. The van der Waals surface area contributed by atoms with Gasteiger partial charge in [0, 0.05) is 11.9 Å². The maximum Gasteiger partial charge on any atom is 0.290 e. The minimum Gasteiger partial charge on any atom is -0.503 e. The van der Waals surface area contributed by atoms with Crippen molar-refractivity contribution in [1.82, 2.24) is 4.90 Å². The molecule has 1 aromatic heterocycles. The second-order valence-electron chi connectivity index (χ2n) is 8.49. The molecular weight excluding hydrogens is 458 g/mol. The molecule has 1 aliphatic heterocycles. The zero-order valence-electron chi connectivity index (χ0n) is 19.9. The van der Waals surface area contributed by atoms with Gasteiger partial charge in [0.1, 0.15) is 5.75 Å². The number of rotatable bonds is 8. The van der Waals surface area contributed by atoms with Gasteiger partial charge in [0.05, 0.1) is 25.8 Å². The summed E-state index contributed by atoms with van der Waals surface area (Å²) in [6.07, 6.45) is 0.559. The average Bonchev–Trinajstić information content (AvgIpc) is 3.47. The third-order valence-corrected chi connectivity index (χ3v) is 6.39. The first kappa shape index (κ1) is 23.2. The highest BCUT2D eigenvalue weighted by Crippen LogP contribution is 2.41. The van der Waals surface area contributed by atoms with Crippen molar-refractivity contribution >= 4 is 22.7 Å². The van der Waals surface area contributed by atoms with Crippen LogP contribution < -0.4 is 9.47 Å². The van der Waals surface area contributed by atoms with Crippen LogP contribution in [0, 0.1) is 0 Å². The smallest absolute Gasteiger partial charge is 0.290 e. The Labute approximate surface area is 208 Å². The topological polar surface area (TPSA) is 89.2 Å². The van der Waals surface area contributed by atoms with Crippen LogP contribution in [0.2, 0.25) is 0 Å². The SMILES string of the molecule is COc1cccc(C2C(C(=O)c3cc4cccc(OC)c4o3)=C(O)C(=O)N2CCc2ccccc2)c1. The van der Waals surface area contributed by atoms with E-state index in [1.165, 1.54) is 12.0 Å². The molecule has 1 amide bonds. The number of benzene rings is 3. The number of ether oxygens (including phenoxy) is 2. The molecule has 1 aliphatic rings.